The van der Waals surface area contributed by atoms with Crippen LogP contribution in [0.4, 0.5) is 0 Å². The van der Waals surface area contributed by atoms with Crippen molar-refractivity contribution in [3.8, 4) is 0 Å². The van der Waals surface area contributed by atoms with Crippen LogP contribution in [0.25, 0.3) is 0 Å². The van der Waals surface area contributed by atoms with E-state index in [0.29, 0.717) is 5.41 Å². The number of hydrogen-bond donors (Lipinski definition) is 0. The minimum absolute atomic E-state index is 0.607. The average molecular weight is 229 g/mol. The lowest BCUT2D eigenvalue weighted by Gasteiger charge is -2.38. The van der Waals surface area contributed by atoms with Gasteiger partial charge in [-0.25, -0.2) is 0 Å². The summed E-state index contributed by atoms with van der Waals surface area (Å²) in [5, 5.41) is 0. The quantitative estimate of drug-likeness (QED) is 0.662. The largest absolute Gasteiger partial charge is 0.303 e. The molecule has 1 nitrogen and oxygen atoms in total. The summed E-state index contributed by atoms with van der Waals surface area (Å²) in [5.74, 6) is 2.55. The number of thioether (sulfide) groups is 1. The Labute approximate surface area is 100.0 Å². The van der Waals surface area contributed by atoms with Crippen molar-refractivity contribution in [1.29, 1.82) is 0 Å². The highest BCUT2D eigenvalue weighted by molar-refractivity contribution is 7.99. The molecule has 0 aliphatic heterocycles. The molecule has 0 spiro atoms. The van der Waals surface area contributed by atoms with Gasteiger partial charge in [0.1, 0.15) is 0 Å². The Morgan fingerprint density at radius 3 is 2.40 bits per heavy atom. The molecule has 0 saturated heterocycles. The second-order valence-electron chi connectivity index (χ2n) is 5.57. The molecule has 0 amide bonds. The Morgan fingerprint density at radius 1 is 1.27 bits per heavy atom. The highest BCUT2D eigenvalue weighted by Gasteiger charge is 2.28. The van der Waals surface area contributed by atoms with Gasteiger partial charge in [-0.3, -0.25) is 0 Å². The normalized spacial score (nSPS) is 22.2. The van der Waals surface area contributed by atoms with Gasteiger partial charge in [0.2, 0.25) is 0 Å². The fraction of sp³-hybridized carbons (Fsp3) is 1.00. The van der Waals surface area contributed by atoms with Crippen LogP contribution in [0, 0.1) is 5.41 Å². The van der Waals surface area contributed by atoms with E-state index in [1.54, 1.807) is 0 Å². The molecule has 0 aromatic heterocycles. The van der Waals surface area contributed by atoms with Crippen molar-refractivity contribution in [3.63, 3.8) is 0 Å². The molecule has 0 aromatic rings. The molecule has 0 bridgehead atoms. The maximum atomic E-state index is 2.58. The lowest BCUT2D eigenvalue weighted by Crippen LogP contribution is -2.38. The molecule has 1 aliphatic carbocycles. The molecule has 1 saturated carbocycles. The molecule has 90 valence electrons. The van der Waals surface area contributed by atoms with E-state index in [0.717, 1.165) is 6.04 Å². The van der Waals surface area contributed by atoms with Crippen molar-refractivity contribution in [3.05, 3.63) is 0 Å². The van der Waals surface area contributed by atoms with Crippen molar-refractivity contribution in [2.24, 2.45) is 5.41 Å². The van der Waals surface area contributed by atoms with E-state index < -0.39 is 0 Å². The van der Waals surface area contributed by atoms with E-state index in [-0.39, 0.29) is 0 Å². The Hall–Kier alpha value is 0.310. The molecule has 1 fully saturated rings. The monoisotopic (exact) mass is 229 g/mol. The Kier molecular flexibility index (Phi) is 5.48. The van der Waals surface area contributed by atoms with E-state index in [1.165, 1.54) is 43.7 Å². The van der Waals surface area contributed by atoms with Crippen molar-refractivity contribution >= 4 is 11.8 Å². The zero-order chi connectivity index (χ0) is 11.3. The third-order valence-corrected chi connectivity index (χ3v) is 4.60. The summed E-state index contributed by atoms with van der Waals surface area (Å²) in [6.45, 7) is 8.34. The summed E-state index contributed by atoms with van der Waals surface area (Å²) in [6, 6.07) is 0.857. The fourth-order valence-corrected chi connectivity index (χ4v) is 3.07. The molecule has 1 aliphatic rings. The molecule has 2 heteroatoms. The number of rotatable bonds is 5. The summed E-state index contributed by atoms with van der Waals surface area (Å²) in [4.78, 5) is 2.58. The lowest BCUT2D eigenvalue weighted by atomic mass is 9.75. The zero-order valence-corrected chi connectivity index (χ0v) is 11.7. The van der Waals surface area contributed by atoms with Crippen LogP contribution in [0.15, 0.2) is 0 Å². The predicted octanol–water partition coefficient (Wildman–Crippen LogP) is 3.64. The Bertz CT molecular complexity index is 169. The second kappa shape index (κ2) is 6.15. The van der Waals surface area contributed by atoms with Crippen molar-refractivity contribution in [1.82, 2.24) is 4.90 Å². The van der Waals surface area contributed by atoms with Crippen LogP contribution in [0.5, 0.6) is 0 Å². The van der Waals surface area contributed by atoms with Crippen LogP contribution in [-0.4, -0.2) is 36.0 Å². The molecule has 0 N–H and O–H groups in total. The molecule has 0 unspecified atom stereocenters. The van der Waals surface area contributed by atoms with E-state index in [4.69, 9.17) is 0 Å². The first-order valence-corrected chi connectivity index (χ1v) is 7.48. The van der Waals surface area contributed by atoms with Crippen molar-refractivity contribution in [2.45, 2.75) is 52.5 Å². The summed E-state index contributed by atoms with van der Waals surface area (Å²) in [7, 11) is 2.30. The minimum Gasteiger partial charge on any atom is -0.303 e. The third-order valence-electron chi connectivity index (χ3n) is 3.72. The standard InChI is InChI=1S/C13H27NS/c1-5-15-11-10-14(4)12-6-8-13(2,3)9-7-12/h12H,5-11H2,1-4H3. The average Bonchev–Trinajstić information content (AvgIpc) is 2.18. The first-order valence-electron chi connectivity index (χ1n) is 6.33. The second-order valence-corrected chi connectivity index (χ2v) is 6.97. The molecule has 0 heterocycles. The van der Waals surface area contributed by atoms with Gasteiger partial charge >= 0.3 is 0 Å². The van der Waals surface area contributed by atoms with Gasteiger partial charge in [0.25, 0.3) is 0 Å². The predicted molar refractivity (Wildman–Crippen MR) is 71.7 cm³/mol. The highest BCUT2D eigenvalue weighted by Crippen LogP contribution is 2.36. The molecule has 0 aromatic carbocycles. The maximum absolute atomic E-state index is 2.58. The lowest BCUT2D eigenvalue weighted by molar-refractivity contribution is 0.133. The number of nitrogens with zero attached hydrogens (tertiary/aromatic N) is 1. The van der Waals surface area contributed by atoms with Crippen LogP contribution < -0.4 is 0 Å². The van der Waals surface area contributed by atoms with Gasteiger partial charge in [-0.2, -0.15) is 11.8 Å². The fourth-order valence-electron chi connectivity index (χ4n) is 2.36. The highest BCUT2D eigenvalue weighted by atomic mass is 32.2. The van der Waals surface area contributed by atoms with Gasteiger partial charge in [-0.15, -0.1) is 0 Å². The van der Waals surface area contributed by atoms with Crippen LogP contribution in [0.2, 0.25) is 0 Å². The van der Waals surface area contributed by atoms with Gasteiger partial charge in [0, 0.05) is 18.3 Å². The number of hydrogen-bond acceptors (Lipinski definition) is 2. The summed E-state index contributed by atoms with van der Waals surface area (Å²) in [6.07, 6.45) is 5.62. The van der Waals surface area contributed by atoms with Gasteiger partial charge in [-0.05, 0) is 43.9 Å². The molecule has 0 atom stereocenters. The molecule has 1 rings (SSSR count). The van der Waals surface area contributed by atoms with E-state index in [2.05, 4.69) is 44.5 Å². The van der Waals surface area contributed by atoms with Crippen molar-refractivity contribution < 1.29 is 0 Å². The van der Waals surface area contributed by atoms with Gasteiger partial charge in [0.15, 0.2) is 0 Å². The van der Waals surface area contributed by atoms with Gasteiger partial charge < -0.3 is 4.90 Å². The Balaban J connectivity index is 2.21. The first kappa shape index (κ1) is 13.4. The smallest absolute Gasteiger partial charge is 0.00929 e. The molecule has 15 heavy (non-hydrogen) atoms. The van der Waals surface area contributed by atoms with Crippen LogP contribution >= 0.6 is 11.8 Å². The molecule has 0 radical (unpaired) electrons. The molecular weight excluding hydrogens is 202 g/mol. The van der Waals surface area contributed by atoms with E-state index in [9.17, 15) is 0 Å². The van der Waals surface area contributed by atoms with E-state index >= 15 is 0 Å². The van der Waals surface area contributed by atoms with Crippen LogP contribution in [0.3, 0.4) is 0 Å². The van der Waals surface area contributed by atoms with Crippen LogP contribution in [0.1, 0.15) is 46.5 Å². The Morgan fingerprint density at radius 2 is 1.87 bits per heavy atom. The van der Waals surface area contributed by atoms with E-state index in [1.807, 2.05) is 0 Å². The van der Waals surface area contributed by atoms with Gasteiger partial charge in [-0.1, -0.05) is 20.8 Å². The zero-order valence-electron chi connectivity index (χ0n) is 10.9. The maximum Gasteiger partial charge on any atom is 0.00929 e. The topological polar surface area (TPSA) is 3.24 Å². The SMILES string of the molecule is CCSCCN(C)C1CCC(C)(C)CC1. The molecular formula is C13H27NS. The summed E-state index contributed by atoms with van der Waals surface area (Å²) >= 11 is 2.06. The third kappa shape index (κ3) is 4.78. The summed E-state index contributed by atoms with van der Waals surface area (Å²) in [5.41, 5.74) is 0.607. The summed E-state index contributed by atoms with van der Waals surface area (Å²) < 4.78 is 0. The van der Waals surface area contributed by atoms with Crippen molar-refractivity contribution in [2.75, 3.05) is 25.1 Å². The minimum atomic E-state index is 0.607. The van der Waals surface area contributed by atoms with Gasteiger partial charge in [0.05, 0.1) is 0 Å². The first-order chi connectivity index (χ1) is 7.05. The van der Waals surface area contributed by atoms with Crippen LogP contribution in [-0.2, 0) is 0 Å².